The van der Waals surface area contributed by atoms with E-state index in [1.165, 1.54) is 41.7 Å². The fraction of sp³-hybridized carbons (Fsp3) is 0.400. The van der Waals surface area contributed by atoms with Crippen LogP contribution in [-0.2, 0) is 117 Å². The average Bonchev–Trinajstić information content (AvgIpc) is 3.40. The summed E-state index contributed by atoms with van der Waals surface area (Å²) in [5.41, 5.74) is 3.79. The summed E-state index contributed by atoms with van der Waals surface area (Å²) in [7, 11) is 1.32. The van der Waals surface area contributed by atoms with E-state index < -0.39 is 90.4 Å². The van der Waals surface area contributed by atoms with E-state index in [1.54, 1.807) is 0 Å². The Bertz CT molecular complexity index is 2300. The van der Waals surface area contributed by atoms with Crippen LogP contribution < -0.4 is 0 Å². The number of hydrogen-bond donors (Lipinski definition) is 0. The third-order valence-corrected chi connectivity index (χ3v) is 10.5. The van der Waals surface area contributed by atoms with Gasteiger partial charge in [-0.1, -0.05) is 128 Å². The number of cyclic esters (lactones) is 3. The van der Waals surface area contributed by atoms with E-state index in [2.05, 4.69) is 16.1 Å². The van der Waals surface area contributed by atoms with Crippen molar-refractivity contribution in [3.63, 3.8) is 0 Å². The van der Waals surface area contributed by atoms with E-state index in [9.17, 15) is 33.6 Å². The van der Waals surface area contributed by atoms with Gasteiger partial charge in [-0.05, 0) is 56.9 Å². The van der Waals surface area contributed by atoms with Gasteiger partial charge in [0, 0.05) is 7.11 Å². The monoisotopic (exact) mass is 1030 g/mol. The summed E-state index contributed by atoms with van der Waals surface area (Å²) in [5, 5.41) is 0. The lowest BCUT2D eigenvalue weighted by Crippen LogP contribution is -2.42. The zero-order valence-electron chi connectivity index (χ0n) is 42.3. The van der Waals surface area contributed by atoms with Gasteiger partial charge in [-0.2, -0.15) is 0 Å². The molecule has 0 saturated carbocycles. The molecule has 0 spiro atoms. The minimum atomic E-state index is -1.52. The quantitative estimate of drug-likeness (QED) is 0.0587. The van der Waals surface area contributed by atoms with Gasteiger partial charge in [-0.25, -0.2) is 28.8 Å². The summed E-state index contributed by atoms with van der Waals surface area (Å²) in [5.74, 6) is -4.25. The van der Waals surface area contributed by atoms with Crippen LogP contribution >= 0.6 is 0 Å². The lowest BCUT2D eigenvalue weighted by molar-refractivity contribution is -0.191. The van der Waals surface area contributed by atoms with Gasteiger partial charge < -0.3 is 56.8 Å². The molecule has 4 aromatic carbocycles. The van der Waals surface area contributed by atoms with E-state index in [1.807, 2.05) is 121 Å². The summed E-state index contributed by atoms with van der Waals surface area (Å²) in [6.07, 6.45) is -7.86. The number of esters is 6. The standard InChI is InChI=1S/C28H34O10.C21H22O5.C6H8O4/c1-19(29)24(17-34-15-22-11-7-5-8-12-22)37-28(32)25(18-35-16-23-13-9-6-10-14-23)38-27(31)21(3)36-26(30)20(2)33-4;1-16-19(14-23-12-17-8-4-2-5-9-17)26-21(22)20(25-16)15-24-13-18-10-6-3-7-11-18;1-3-5(7)10-4(2)6(8)9-3/h5-14,20-21,24-25H,15-18H2,1-4H3;2-11,19-20H,1,12-15H2;3-4H,1-2H3/t20-,21-,24-,25-;19-,20-;3-,4-/m000/s1. The van der Waals surface area contributed by atoms with Crippen LogP contribution in [0.5, 0.6) is 0 Å². The second kappa shape index (κ2) is 32.0. The van der Waals surface area contributed by atoms with Crippen LogP contribution in [0.15, 0.2) is 134 Å². The Kier molecular flexibility index (Phi) is 25.6. The average molecular weight is 1030 g/mol. The van der Waals surface area contributed by atoms with Crippen LogP contribution in [0, 0.1) is 0 Å². The molecule has 0 N–H and O–H groups in total. The van der Waals surface area contributed by atoms with Crippen molar-refractivity contribution < 1.29 is 90.4 Å². The maximum atomic E-state index is 13.0. The molecule has 2 fully saturated rings. The third-order valence-electron chi connectivity index (χ3n) is 10.5. The molecule has 4 aromatic rings. The highest BCUT2D eigenvalue weighted by Gasteiger charge is 2.36. The van der Waals surface area contributed by atoms with Gasteiger partial charge in [0.05, 0.1) is 52.9 Å². The second-order valence-electron chi connectivity index (χ2n) is 16.6. The van der Waals surface area contributed by atoms with E-state index in [0.29, 0.717) is 19.0 Å². The first-order chi connectivity index (χ1) is 35.5. The number of carbonyl (C=O) groups is 7. The van der Waals surface area contributed by atoms with Crippen LogP contribution in [0.25, 0.3) is 0 Å². The lowest BCUT2D eigenvalue weighted by atomic mass is 10.2. The first kappa shape index (κ1) is 59.3. The van der Waals surface area contributed by atoms with Crippen LogP contribution in [-0.4, -0.2) is 124 Å². The number of carbonyl (C=O) groups excluding carboxylic acids is 7. The highest BCUT2D eigenvalue weighted by molar-refractivity contribution is 5.87. The first-order valence-electron chi connectivity index (χ1n) is 23.6. The summed E-state index contributed by atoms with van der Waals surface area (Å²) < 4.78 is 62.9. The molecule has 74 heavy (non-hydrogen) atoms. The summed E-state index contributed by atoms with van der Waals surface area (Å²) in [6.45, 7) is 11.8. The fourth-order valence-electron chi connectivity index (χ4n) is 6.14. The molecule has 2 aliphatic heterocycles. The molecule has 0 aliphatic carbocycles. The smallest absolute Gasteiger partial charge is 0.350 e. The Hall–Kier alpha value is -7.29. The Morgan fingerprint density at radius 2 is 0.865 bits per heavy atom. The Morgan fingerprint density at radius 1 is 0.486 bits per heavy atom. The fourth-order valence-corrected chi connectivity index (χ4v) is 6.14. The molecule has 0 aromatic heterocycles. The van der Waals surface area contributed by atoms with Crippen molar-refractivity contribution >= 4 is 41.6 Å². The molecule has 0 radical (unpaired) electrons. The number of Topliss-reactive ketones (excluding diaryl/α,β-unsaturated/α-hetero) is 1. The van der Waals surface area contributed by atoms with E-state index in [0.717, 1.165) is 22.3 Å². The maximum Gasteiger partial charge on any atom is 0.350 e. The molecule has 0 unspecified atom stereocenters. The predicted octanol–water partition coefficient (Wildman–Crippen LogP) is 5.91. The first-order valence-corrected chi connectivity index (χ1v) is 23.6. The number of rotatable bonds is 24. The summed E-state index contributed by atoms with van der Waals surface area (Å²) in [6, 6.07) is 37.9. The Labute approximate surface area is 430 Å². The molecule has 0 bridgehead atoms. The normalized spacial score (nSPS) is 18.6. The molecule has 19 nitrogen and oxygen atoms in total. The van der Waals surface area contributed by atoms with Gasteiger partial charge in [0.25, 0.3) is 0 Å². The van der Waals surface area contributed by atoms with Gasteiger partial charge in [0.1, 0.15) is 5.76 Å². The SMILES string of the molecule is C=C1O[C@@H](COCc2ccccc2)C(=O)O[C@H]1COCc1ccccc1.CO[C@@H](C)C(=O)O[C@@H](C)C(=O)O[C@@H](COCc1ccccc1)C(=O)O[C@@H](COCc1ccccc1)C(C)=O.C[C@@H]1OC(=O)[C@H](C)OC1=O. The van der Waals surface area contributed by atoms with Crippen LogP contribution in [0.1, 0.15) is 56.9 Å². The molecule has 398 valence electrons. The minimum absolute atomic E-state index is 0.115. The lowest BCUT2D eigenvalue weighted by Gasteiger charge is -2.30. The van der Waals surface area contributed by atoms with E-state index >= 15 is 0 Å². The molecule has 2 saturated heterocycles. The zero-order valence-corrected chi connectivity index (χ0v) is 42.3. The third kappa shape index (κ3) is 21.4. The van der Waals surface area contributed by atoms with Crippen LogP contribution in [0.3, 0.4) is 0 Å². The molecular formula is C55H64O19. The predicted molar refractivity (Wildman–Crippen MR) is 262 cm³/mol. The molecule has 0 amide bonds. The number of ketones is 1. The largest absolute Gasteiger partial charge is 0.477 e. The highest BCUT2D eigenvalue weighted by Crippen LogP contribution is 2.20. The van der Waals surface area contributed by atoms with Crippen molar-refractivity contribution in [2.24, 2.45) is 0 Å². The number of hydrogen-bond acceptors (Lipinski definition) is 19. The second-order valence-corrected chi connectivity index (χ2v) is 16.6. The van der Waals surface area contributed by atoms with Gasteiger partial charge in [0.15, 0.2) is 42.4 Å². The zero-order chi connectivity index (χ0) is 53.8. The van der Waals surface area contributed by atoms with E-state index in [4.69, 9.17) is 47.4 Å². The van der Waals surface area contributed by atoms with Crippen molar-refractivity contribution in [2.45, 2.75) is 110 Å². The summed E-state index contributed by atoms with van der Waals surface area (Å²) >= 11 is 0. The summed E-state index contributed by atoms with van der Waals surface area (Å²) in [4.78, 5) is 83.0. The number of ether oxygens (including phenoxy) is 12. The molecule has 8 atom stereocenters. The molecule has 2 aliphatic rings. The van der Waals surface area contributed by atoms with Crippen molar-refractivity contribution in [2.75, 3.05) is 33.5 Å². The number of benzene rings is 4. The van der Waals surface area contributed by atoms with Gasteiger partial charge in [-0.3, -0.25) is 4.79 Å². The molecule has 6 rings (SSSR count). The van der Waals surface area contributed by atoms with Crippen molar-refractivity contribution in [3.05, 3.63) is 156 Å². The van der Waals surface area contributed by atoms with Crippen LogP contribution in [0.4, 0.5) is 0 Å². The Morgan fingerprint density at radius 3 is 1.28 bits per heavy atom. The highest BCUT2D eigenvalue weighted by atomic mass is 16.7. The molecule has 2 heterocycles. The van der Waals surface area contributed by atoms with Gasteiger partial charge in [-0.15, -0.1) is 0 Å². The Balaban J connectivity index is 0.000000281. The minimum Gasteiger partial charge on any atom is -0.477 e. The topological polar surface area (TPSA) is 230 Å². The van der Waals surface area contributed by atoms with Gasteiger partial charge >= 0.3 is 35.8 Å². The van der Waals surface area contributed by atoms with E-state index in [-0.39, 0.29) is 39.6 Å². The van der Waals surface area contributed by atoms with Crippen LogP contribution in [0.2, 0.25) is 0 Å². The number of methoxy groups -OCH3 is 1. The maximum absolute atomic E-state index is 13.0. The van der Waals surface area contributed by atoms with Crippen molar-refractivity contribution in [1.82, 2.24) is 0 Å². The molecule has 19 heteroatoms. The molecular weight excluding hydrogens is 965 g/mol. The van der Waals surface area contributed by atoms with Gasteiger partial charge in [0.2, 0.25) is 12.2 Å². The van der Waals surface area contributed by atoms with Crippen molar-refractivity contribution in [1.29, 1.82) is 0 Å². The van der Waals surface area contributed by atoms with Crippen molar-refractivity contribution in [3.8, 4) is 0 Å².